The Labute approximate surface area is 111 Å². The van der Waals surface area contributed by atoms with Gasteiger partial charge < -0.3 is 15.2 Å². The highest BCUT2D eigenvalue weighted by atomic mass is 16.5. The highest BCUT2D eigenvalue weighted by Gasteiger charge is 2.22. The first-order valence-corrected chi connectivity index (χ1v) is 6.39. The lowest BCUT2D eigenvalue weighted by atomic mass is 10.0. The van der Waals surface area contributed by atoms with Crippen molar-refractivity contribution in [3.05, 3.63) is 35.4 Å². The maximum atomic E-state index is 11.7. The minimum absolute atomic E-state index is 0.106. The predicted molar refractivity (Wildman–Crippen MR) is 69.1 cm³/mol. The second-order valence-corrected chi connectivity index (χ2v) is 4.50. The summed E-state index contributed by atoms with van der Waals surface area (Å²) in [6, 6.07) is 6.82. The molecule has 2 rings (SSSR count). The number of carboxylic acids is 1. The molecule has 102 valence electrons. The lowest BCUT2D eigenvalue weighted by Crippen LogP contribution is -2.35. The van der Waals surface area contributed by atoms with Crippen LogP contribution in [-0.4, -0.2) is 36.2 Å². The van der Waals surface area contributed by atoms with E-state index < -0.39 is 5.97 Å². The average molecular weight is 263 g/mol. The normalized spacial score (nSPS) is 18.2. The van der Waals surface area contributed by atoms with Gasteiger partial charge in [0, 0.05) is 13.2 Å². The smallest absolute Gasteiger partial charge is 0.335 e. The SMILES string of the molecule is O=C(O)c1ccccc1CCNC(=O)[C@@H]1CCCO1. The Bertz CT molecular complexity index is 466. The van der Waals surface area contributed by atoms with E-state index in [1.807, 2.05) is 0 Å². The topological polar surface area (TPSA) is 75.6 Å². The molecule has 2 N–H and O–H groups in total. The summed E-state index contributed by atoms with van der Waals surface area (Å²) in [7, 11) is 0. The molecule has 0 saturated carbocycles. The lowest BCUT2D eigenvalue weighted by molar-refractivity contribution is -0.129. The standard InChI is InChI=1S/C14H17NO4/c16-13(12-6-3-9-19-12)15-8-7-10-4-1-2-5-11(10)14(17)18/h1-2,4-5,12H,3,6-9H2,(H,15,16)(H,17,18)/t12-/m0/s1. The molecule has 0 aromatic heterocycles. The van der Waals surface area contributed by atoms with E-state index in [9.17, 15) is 9.59 Å². The predicted octanol–water partition coefficient (Wildman–Crippen LogP) is 1.22. The van der Waals surface area contributed by atoms with Crippen LogP contribution in [0.1, 0.15) is 28.8 Å². The van der Waals surface area contributed by atoms with Gasteiger partial charge in [-0.05, 0) is 30.9 Å². The van der Waals surface area contributed by atoms with Crippen LogP contribution in [0.2, 0.25) is 0 Å². The summed E-state index contributed by atoms with van der Waals surface area (Å²) in [6.45, 7) is 1.06. The summed E-state index contributed by atoms with van der Waals surface area (Å²) >= 11 is 0. The maximum absolute atomic E-state index is 11.7. The number of hydrogen-bond acceptors (Lipinski definition) is 3. The molecule has 0 radical (unpaired) electrons. The molecule has 1 aromatic rings. The van der Waals surface area contributed by atoms with Gasteiger partial charge in [0.1, 0.15) is 6.10 Å². The number of carbonyl (C=O) groups is 2. The Morgan fingerprint density at radius 1 is 1.37 bits per heavy atom. The van der Waals surface area contributed by atoms with E-state index in [1.165, 1.54) is 0 Å². The fraction of sp³-hybridized carbons (Fsp3) is 0.429. The zero-order chi connectivity index (χ0) is 13.7. The van der Waals surface area contributed by atoms with Gasteiger partial charge in [-0.3, -0.25) is 4.79 Å². The van der Waals surface area contributed by atoms with E-state index >= 15 is 0 Å². The highest BCUT2D eigenvalue weighted by Crippen LogP contribution is 2.12. The minimum atomic E-state index is -0.943. The van der Waals surface area contributed by atoms with Crippen LogP contribution in [0.5, 0.6) is 0 Å². The van der Waals surface area contributed by atoms with Crippen molar-refractivity contribution >= 4 is 11.9 Å². The molecule has 0 spiro atoms. The number of aromatic carboxylic acids is 1. The summed E-state index contributed by atoms with van der Waals surface area (Å²) in [5.74, 6) is -1.05. The van der Waals surface area contributed by atoms with Gasteiger partial charge in [0.15, 0.2) is 0 Å². The monoisotopic (exact) mass is 263 g/mol. The Morgan fingerprint density at radius 3 is 2.84 bits per heavy atom. The molecule has 0 bridgehead atoms. The van der Waals surface area contributed by atoms with Crippen molar-refractivity contribution in [2.24, 2.45) is 0 Å². The van der Waals surface area contributed by atoms with Crippen LogP contribution in [0, 0.1) is 0 Å². The zero-order valence-corrected chi connectivity index (χ0v) is 10.6. The van der Waals surface area contributed by atoms with E-state index in [0.29, 0.717) is 19.6 Å². The van der Waals surface area contributed by atoms with E-state index in [1.54, 1.807) is 24.3 Å². The van der Waals surface area contributed by atoms with E-state index in [2.05, 4.69) is 5.32 Å². The molecule has 5 heteroatoms. The fourth-order valence-corrected chi connectivity index (χ4v) is 2.17. The van der Waals surface area contributed by atoms with Gasteiger partial charge in [0.05, 0.1) is 5.56 Å². The molecule has 1 aromatic carbocycles. The minimum Gasteiger partial charge on any atom is -0.478 e. The first-order chi connectivity index (χ1) is 9.18. The Hall–Kier alpha value is -1.88. The van der Waals surface area contributed by atoms with E-state index in [4.69, 9.17) is 9.84 Å². The summed E-state index contributed by atoms with van der Waals surface area (Å²) in [5, 5.41) is 11.8. The molecule has 1 aliphatic heterocycles. The third-order valence-corrected chi connectivity index (χ3v) is 3.16. The van der Waals surface area contributed by atoms with Crippen molar-refractivity contribution in [2.45, 2.75) is 25.4 Å². The number of nitrogens with one attached hydrogen (secondary N) is 1. The van der Waals surface area contributed by atoms with Crippen LogP contribution in [0.4, 0.5) is 0 Å². The third-order valence-electron chi connectivity index (χ3n) is 3.16. The first-order valence-electron chi connectivity index (χ1n) is 6.39. The van der Waals surface area contributed by atoms with Crippen molar-refractivity contribution in [3.8, 4) is 0 Å². The Morgan fingerprint density at radius 2 is 2.16 bits per heavy atom. The van der Waals surface area contributed by atoms with Crippen LogP contribution in [-0.2, 0) is 16.0 Å². The van der Waals surface area contributed by atoms with Gasteiger partial charge in [0.2, 0.25) is 5.91 Å². The zero-order valence-electron chi connectivity index (χ0n) is 10.6. The van der Waals surface area contributed by atoms with Crippen LogP contribution < -0.4 is 5.32 Å². The van der Waals surface area contributed by atoms with Crippen LogP contribution >= 0.6 is 0 Å². The number of carboxylic acid groups (broad SMARTS) is 1. The maximum Gasteiger partial charge on any atom is 0.335 e. The molecular weight excluding hydrogens is 246 g/mol. The highest BCUT2D eigenvalue weighted by molar-refractivity contribution is 5.89. The number of hydrogen-bond donors (Lipinski definition) is 2. The molecule has 1 atom stereocenters. The van der Waals surface area contributed by atoms with Gasteiger partial charge in [-0.1, -0.05) is 18.2 Å². The van der Waals surface area contributed by atoms with Crippen molar-refractivity contribution in [2.75, 3.05) is 13.2 Å². The summed E-state index contributed by atoms with van der Waals surface area (Å²) in [4.78, 5) is 22.7. The van der Waals surface area contributed by atoms with E-state index in [-0.39, 0.29) is 17.6 Å². The van der Waals surface area contributed by atoms with Gasteiger partial charge in [-0.15, -0.1) is 0 Å². The van der Waals surface area contributed by atoms with Gasteiger partial charge in [-0.25, -0.2) is 4.79 Å². The molecule has 1 heterocycles. The second-order valence-electron chi connectivity index (χ2n) is 4.50. The van der Waals surface area contributed by atoms with Crippen molar-refractivity contribution < 1.29 is 19.4 Å². The quantitative estimate of drug-likeness (QED) is 0.837. The summed E-state index contributed by atoms with van der Waals surface area (Å²) in [6.07, 6.45) is 1.84. The third kappa shape index (κ3) is 3.54. The number of carbonyl (C=O) groups excluding carboxylic acids is 1. The Balaban J connectivity index is 1.85. The summed E-state index contributed by atoms with van der Waals surface area (Å²) in [5.41, 5.74) is 1.01. The van der Waals surface area contributed by atoms with Crippen LogP contribution in [0.3, 0.4) is 0 Å². The number of benzene rings is 1. The number of amides is 1. The lowest BCUT2D eigenvalue weighted by Gasteiger charge is -2.11. The average Bonchev–Trinajstić information content (AvgIpc) is 2.93. The molecular formula is C14H17NO4. The number of ether oxygens (including phenoxy) is 1. The van der Waals surface area contributed by atoms with Gasteiger partial charge in [-0.2, -0.15) is 0 Å². The largest absolute Gasteiger partial charge is 0.478 e. The van der Waals surface area contributed by atoms with Gasteiger partial charge >= 0.3 is 5.97 Å². The van der Waals surface area contributed by atoms with Crippen molar-refractivity contribution in [3.63, 3.8) is 0 Å². The second kappa shape index (κ2) is 6.33. The molecule has 1 aliphatic rings. The Kier molecular flexibility index (Phi) is 4.52. The molecule has 0 unspecified atom stereocenters. The number of rotatable bonds is 5. The van der Waals surface area contributed by atoms with Crippen LogP contribution in [0.25, 0.3) is 0 Å². The van der Waals surface area contributed by atoms with Gasteiger partial charge in [0.25, 0.3) is 0 Å². The van der Waals surface area contributed by atoms with Crippen molar-refractivity contribution in [1.82, 2.24) is 5.32 Å². The summed E-state index contributed by atoms with van der Waals surface area (Å²) < 4.78 is 5.27. The first kappa shape index (κ1) is 13.5. The molecule has 0 aliphatic carbocycles. The molecule has 1 amide bonds. The molecule has 1 fully saturated rings. The van der Waals surface area contributed by atoms with Crippen LogP contribution in [0.15, 0.2) is 24.3 Å². The fourth-order valence-electron chi connectivity index (χ4n) is 2.17. The van der Waals surface area contributed by atoms with Crippen molar-refractivity contribution in [1.29, 1.82) is 0 Å². The molecule has 1 saturated heterocycles. The molecule has 19 heavy (non-hydrogen) atoms. The van der Waals surface area contributed by atoms with E-state index in [0.717, 1.165) is 18.4 Å². The molecule has 5 nitrogen and oxygen atoms in total.